The van der Waals surface area contributed by atoms with Gasteiger partial charge in [-0.1, -0.05) is 61.4 Å². The molecule has 1 fully saturated rings. The van der Waals surface area contributed by atoms with E-state index in [4.69, 9.17) is 4.42 Å². The summed E-state index contributed by atoms with van der Waals surface area (Å²) in [5, 5.41) is 3.03. The lowest BCUT2D eigenvalue weighted by atomic mass is 10.0. The minimum absolute atomic E-state index is 0.0218. The van der Waals surface area contributed by atoms with Gasteiger partial charge in [-0.25, -0.2) is 4.98 Å². The molecular formula is C27H31N3O3. The molecule has 2 amide bonds. The Bertz CT molecular complexity index is 1070. The largest absolute Gasteiger partial charge is 0.443 e. The van der Waals surface area contributed by atoms with Crippen LogP contribution in [0.2, 0.25) is 0 Å². The first-order valence-electron chi connectivity index (χ1n) is 11.8. The van der Waals surface area contributed by atoms with E-state index in [-0.39, 0.29) is 23.6 Å². The Morgan fingerprint density at radius 3 is 2.45 bits per heavy atom. The summed E-state index contributed by atoms with van der Waals surface area (Å²) in [7, 11) is 0. The summed E-state index contributed by atoms with van der Waals surface area (Å²) in [5.74, 6) is 0.0179. The van der Waals surface area contributed by atoms with E-state index in [0.717, 1.165) is 51.6 Å². The van der Waals surface area contributed by atoms with Gasteiger partial charge in [0.15, 0.2) is 17.8 Å². The van der Waals surface area contributed by atoms with Gasteiger partial charge in [-0.2, -0.15) is 0 Å². The number of carbonyl (C=O) groups is 2. The van der Waals surface area contributed by atoms with E-state index >= 15 is 0 Å². The summed E-state index contributed by atoms with van der Waals surface area (Å²) >= 11 is 0. The normalized spacial score (nSPS) is 15.0. The fourth-order valence-electron chi connectivity index (χ4n) is 4.30. The van der Waals surface area contributed by atoms with E-state index < -0.39 is 0 Å². The van der Waals surface area contributed by atoms with Crippen molar-refractivity contribution >= 4 is 11.8 Å². The second-order valence-corrected chi connectivity index (χ2v) is 8.68. The van der Waals surface area contributed by atoms with Crippen molar-refractivity contribution in [3.05, 3.63) is 77.8 Å². The molecule has 0 spiro atoms. The second-order valence-electron chi connectivity index (χ2n) is 8.68. The Hall–Kier alpha value is -3.41. The summed E-state index contributed by atoms with van der Waals surface area (Å²) in [6.07, 6.45) is 7.30. The molecule has 4 rings (SSSR count). The molecule has 6 nitrogen and oxygen atoms in total. The Labute approximate surface area is 195 Å². The van der Waals surface area contributed by atoms with E-state index in [1.54, 1.807) is 6.07 Å². The van der Waals surface area contributed by atoms with Crippen LogP contribution in [-0.4, -0.2) is 40.8 Å². The molecule has 172 valence electrons. The average Bonchev–Trinajstić information content (AvgIpc) is 3.18. The van der Waals surface area contributed by atoms with Crippen molar-refractivity contribution in [1.82, 2.24) is 15.2 Å². The molecule has 1 aliphatic heterocycles. The van der Waals surface area contributed by atoms with Crippen LogP contribution in [0, 0.1) is 0 Å². The van der Waals surface area contributed by atoms with Gasteiger partial charge in [0, 0.05) is 24.7 Å². The number of rotatable bonds is 7. The maximum Gasteiger partial charge on any atom is 0.274 e. The molecule has 2 aromatic carbocycles. The number of aryl methyl sites for hydroxylation is 1. The fraction of sp³-hybridized carbons (Fsp3) is 0.370. The zero-order chi connectivity index (χ0) is 23.0. The highest BCUT2D eigenvalue weighted by atomic mass is 16.3. The molecule has 33 heavy (non-hydrogen) atoms. The number of carbonyl (C=O) groups excluding carboxylic acids is 2. The summed E-state index contributed by atoms with van der Waals surface area (Å²) in [6.45, 7) is 3.50. The zero-order valence-corrected chi connectivity index (χ0v) is 19.1. The van der Waals surface area contributed by atoms with Gasteiger partial charge in [0.05, 0.1) is 5.56 Å². The summed E-state index contributed by atoms with van der Waals surface area (Å²) < 4.78 is 5.64. The molecule has 0 aliphatic carbocycles. The number of oxazole rings is 1. The monoisotopic (exact) mass is 445 g/mol. The second kappa shape index (κ2) is 10.9. The number of benzene rings is 2. The minimum Gasteiger partial charge on any atom is -0.443 e. The predicted molar refractivity (Wildman–Crippen MR) is 128 cm³/mol. The van der Waals surface area contributed by atoms with Gasteiger partial charge in [0.1, 0.15) is 0 Å². The van der Waals surface area contributed by atoms with Crippen LogP contribution in [0.3, 0.4) is 0 Å². The molecule has 1 aliphatic rings. The van der Waals surface area contributed by atoms with Crippen molar-refractivity contribution in [2.24, 2.45) is 0 Å². The lowest BCUT2D eigenvalue weighted by molar-refractivity contribution is 0.0761. The molecule has 1 saturated heterocycles. The van der Waals surface area contributed by atoms with Crippen molar-refractivity contribution in [3.8, 4) is 11.3 Å². The number of hydrogen-bond acceptors (Lipinski definition) is 4. The molecule has 1 atom stereocenters. The molecule has 1 N–H and O–H groups in total. The maximum absolute atomic E-state index is 13.3. The molecule has 1 aromatic heterocycles. The fourth-order valence-corrected chi connectivity index (χ4v) is 4.30. The molecule has 1 unspecified atom stereocenters. The van der Waals surface area contributed by atoms with Crippen molar-refractivity contribution < 1.29 is 14.0 Å². The molecule has 0 saturated carbocycles. The van der Waals surface area contributed by atoms with Crippen LogP contribution in [0.4, 0.5) is 0 Å². The lowest BCUT2D eigenvalue weighted by Crippen LogP contribution is -2.34. The minimum atomic E-state index is -0.295. The van der Waals surface area contributed by atoms with Gasteiger partial charge in [-0.05, 0) is 44.2 Å². The SMILES string of the molecule is CC(CCc1ccccc1)NC(=O)c1ncoc1-c1ccccc1C(=O)N1CCCCCC1. The molecule has 6 heteroatoms. The third-order valence-electron chi connectivity index (χ3n) is 6.16. The first kappa shape index (κ1) is 22.8. The van der Waals surface area contributed by atoms with Gasteiger partial charge in [0.25, 0.3) is 11.8 Å². The quantitative estimate of drug-likeness (QED) is 0.548. The lowest BCUT2D eigenvalue weighted by Gasteiger charge is -2.21. The van der Waals surface area contributed by atoms with E-state index in [1.807, 2.05) is 48.2 Å². The van der Waals surface area contributed by atoms with Gasteiger partial charge >= 0.3 is 0 Å². The third-order valence-corrected chi connectivity index (χ3v) is 6.16. The Morgan fingerprint density at radius 1 is 1.00 bits per heavy atom. The number of nitrogens with zero attached hydrogens (tertiary/aromatic N) is 2. The molecule has 0 bridgehead atoms. The number of likely N-dealkylation sites (tertiary alicyclic amines) is 1. The van der Waals surface area contributed by atoms with E-state index in [1.165, 1.54) is 12.0 Å². The van der Waals surface area contributed by atoms with Gasteiger partial charge in [-0.3, -0.25) is 9.59 Å². The zero-order valence-electron chi connectivity index (χ0n) is 19.1. The van der Waals surface area contributed by atoms with Crippen LogP contribution in [0.15, 0.2) is 65.4 Å². The van der Waals surface area contributed by atoms with Crippen molar-refractivity contribution in [2.75, 3.05) is 13.1 Å². The molecule has 3 aromatic rings. The van der Waals surface area contributed by atoms with Crippen LogP contribution in [0.1, 0.15) is 65.4 Å². The maximum atomic E-state index is 13.3. The first-order valence-corrected chi connectivity index (χ1v) is 11.8. The van der Waals surface area contributed by atoms with Gasteiger partial charge in [-0.15, -0.1) is 0 Å². The van der Waals surface area contributed by atoms with E-state index in [0.29, 0.717) is 16.9 Å². The Kier molecular flexibility index (Phi) is 7.55. The topological polar surface area (TPSA) is 75.4 Å². The van der Waals surface area contributed by atoms with Gasteiger partial charge < -0.3 is 14.6 Å². The number of hydrogen-bond donors (Lipinski definition) is 1. The number of amides is 2. The van der Waals surface area contributed by atoms with Crippen LogP contribution in [0.5, 0.6) is 0 Å². The summed E-state index contributed by atoms with van der Waals surface area (Å²) in [4.78, 5) is 32.4. The first-order chi connectivity index (χ1) is 16.1. The highest BCUT2D eigenvalue weighted by Crippen LogP contribution is 2.28. The highest BCUT2D eigenvalue weighted by molar-refractivity contribution is 6.04. The number of nitrogens with one attached hydrogen (secondary N) is 1. The highest BCUT2D eigenvalue weighted by Gasteiger charge is 2.26. The smallest absolute Gasteiger partial charge is 0.274 e. The third kappa shape index (κ3) is 5.69. The van der Waals surface area contributed by atoms with Crippen molar-refractivity contribution in [1.29, 1.82) is 0 Å². The van der Waals surface area contributed by atoms with Gasteiger partial charge in [0.2, 0.25) is 0 Å². The molecule has 0 radical (unpaired) electrons. The Morgan fingerprint density at radius 2 is 1.70 bits per heavy atom. The van der Waals surface area contributed by atoms with E-state index in [9.17, 15) is 9.59 Å². The average molecular weight is 446 g/mol. The van der Waals surface area contributed by atoms with Crippen LogP contribution in [0.25, 0.3) is 11.3 Å². The van der Waals surface area contributed by atoms with Crippen LogP contribution >= 0.6 is 0 Å². The van der Waals surface area contributed by atoms with Crippen LogP contribution < -0.4 is 5.32 Å². The predicted octanol–water partition coefficient (Wildman–Crippen LogP) is 5.11. The number of aromatic nitrogens is 1. The summed E-state index contributed by atoms with van der Waals surface area (Å²) in [6, 6.07) is 17.5. The standard InChI is InChI=1S/C27H31N3O3/c1-20(15-16-21-11-5-4-6-12-21)29-26(31)24-25(33-19-28-24)22-13-7-8-14-23(22)27(32)30-17-9-2-3-10-18-30/h4-8,11-14,19-20H,2-3,9-10,15-18H2,1H3,(H,29,31). The molecular weight excluding hydrogens is 414 g/mol. The van der Waals surface area contributed by atoms with Crippen molar-refractivity contribution in [2.45, 2.75) is 51.5 Å². The van der Waals surface area contributed by atoms with E-state index in [2.05, 4.69) is 22.4 Å². The van der Waals surface area contributed by atoms with Crippen LogP contribution in [-0.2, 0) is 6.42 Å². The Balaban J connectivity index is 1.49. The summed E-state index contributed by atoms with van der Waals surface area (Å²) in [5.41, 5.74) is 2.59. The van der Waals surface area contributed by atoms with Crippen molar-refractivity contribution in [3.63, 3.8) is 0 Å². The molecule has 2 heterocycles.